The number of piperidine rings is 1. The third kappa shape index (κ3) is 6.58. The standard InChI is InChI=1S/C38H37ClF2N8O2/c1-23-42-15-11-26(44-23)9-10-31(50)48-17-12-27(13-18-48)45-36-29-20-43-34(28-7-2-5-24-6-3-8-30(39)32(24)28)33(41)35(29)46-37(47-36)51-22-38-14-4-16-49(38)21-25(40)19-38/h2-3,5-11,15,20,25,27H,4,12-14,16-19,21-22H2,1H3,(H,45,46,47)/b10-9+/t25-,38+/m1/s1. The number of aromatic nitrogens is 5. The van der Waals surface area contributed by atoms with Gasteiger partial charge in [0.15, 0.2) is 5.82 Å². The fraction of sp³-hybridized carbons (Fsp3) is 0.368. The van der Waals surface area contributed by atoms with Crippen molar-refractivity contribution in [2.45, 2.75) is 56.8 Å². The molecular formula is C38H37ClF2N8O2. The van der Waals surface area contributed by atoms with Gasteiger partial charge in [0, 0.05) is 66.5 Å². The summed E-state index contributed by atoms with van der Waals surface area (Å²) in [6, 6.07) is 12.8. The molecule has 262 valence electrons. The smallest absolute Gasteiger partial charge is 0.319 e. The van der Waals surface area contributed by atoms with Crippen molar-refractivity contribution in [2.75, 3.05) is 38.1 Å². The first kappa shape index (κ1) is 33.3. The molecule has 10 nitrogen and oxygen atoms in total. The van der Waals surface area contributed by atoms with Gasteiger partial charge in [0.1, 0.15) is 35.6 Å². The molecule has 13 heteroatoms. The lowest BCUT2D eigenvalue weighted by molar-refractivity contribution is -0.126. The Morgan fingerprint density at radius 1 is 1.10 bits per heavy atom. The molecule has 0 aliphatic carbocycles. The van der Waals surface area contributed by atoms with Gasteiger partial charge in [-0.15, -0.1) is 0 Å². The zero-order chi connectivity index (χ0) is 35.1. The molecule has 8 rings (SSSR count). The first-order valence-electron chi connectivity index (χ1n) is 17.4. The number of amides is 1. The minimum absolute atomic E-state index is 0.0123. The number of likely N-dealkylation sites (tertiary alicyclic amines) is 1. The molecule has 1 amide bonds. The van der Waals surface area contributed by atoms with E-state index in [2.05, 4.69) is 30.2 Å². The lowest BCUT2D eigenvalue weighted by Crippen LogP contribution is -2.43. The summed E-state index contributed by atoms with van der Waals surface area (Å²) in [5.41, 5.74) is 0.976. The maximum absolute atomic E-state index is 16.7. The number of nitrogens with zero attached hydrogens (tertiary/aromatic N) is 7. The molecule has 3 aliphatic heterocycles. The molecule has 2 aromatic carbocycles. The van der Waals surface area contributed by atoms with Crippen LogP contribution in [0.2, 0.25) is 5.02 Å². The molecule has 1 N–H and O–H groups in total. The highest BCUT2D eigenvalue weighted by molar-refractivity contribution is 6.36. The molecule has 0 radical (unpaired) electrons. The van der Waals surface area contributed by atoms with Crippen molar-refractivity contribution in [1.29, 1.82) is 0 Å². The first-order chi connectivity index (χ1) is 24.8. The van der Waals surface area contributed by atoms with E-state index in [4.69, 9.17) is 21.3 Å². The van der Waals surface area contributed by atoms with Crippen molar-refractivity contribution in [3.05, 3.63) is 83.3 Å². The van der Waals surface area contributed by atoms with Crippen LogP contribution in [0.25, 0.3) is 39.0 Å². The van der Waals surface area contributed by atoms with Gasteiger partial charge in [-0.25, -0.2) is 18.7 Å². The molecule has 3 aliphatic rings. The van der Waals surface area contributed by atoms with Crippen molar-refractivity contribution < 1.29 is 18.3 Å². The third-order valence-electron chi connectivity index (χ3n) is 10.3. The number of nitrogens with one attached hydrogen (secondary N) is 1. The van der Waals surface area contributed by atoms with Crippen LogP contribution in [0, 0.1) is 12.7 Å². The van der Waals surface area contributed by atoms with E-state index < -0.39 is 17.5 Å². The van der Waals surface area contributed by atoms with Crippen molar-refractivity contribution in [2.24, 2.45) is 0 Å². The second-order valence-electron chi connectivity index (χ2n) is 13.7. The Labute approximate surface area is 298 Å². The van der Waals surface area contributed by atoms with Gasteiger partial charge in [-0.3, -0.25) is 14.7 Å². The van der Waals surface area contributed by atoms with Crippen LogP contribution in [-0.2, 0) is 4.79 Å². The van der Waals surface area contributed by atoms with E-state index in [9.17, 15) is 9.18 Å². The van der Waals surface area contributed by atoms with Gasteiger partial charge in [-0.1, -0.05) is 41.9 Å². The Kier molecular flexibility index (Phi) is 8.97. The number of hydrogen-bond donors (Lipinski definition) is 1. The molecule has 6 heterocycles. The molecule has 3 saturated heterocycles. The molecule has 0 bridgehead atoms. The van der Waals surface area contributed by atoms with Crippen LogP contribution in [0.5, 0.6) is 6.01 Å². The number of hydrogen-bond acceptors (Lipinski definition) is 9. The number of aryl methyl sites for hydroxylation is 1. The van der Waals surface area contributed by atoms with Gasteiger partial charge in [-0.05, 0) is 62.7 Å². The lowest BCUT2D eigenvalue weighted by Gasteiger charge is -2.32. The molecule has 0 spiro atoms. The summed E-state index contributed by atoms with van der Waals surface area (Å²) in [7, 11) is 0. The van der Waals surface area contributed by atoms with E-state index in [1.54, 1.807) is 48.5 Å². The van der Waals surface area contributed by atoms with Crippen LogP contribution in [0.1, 0.15) is 43.6 Å². The van der Waals surface area contributed by atoms with Crippen LogP contribution in [0.15, 0.2) is 60.9 Å². The highest BCUT2D eigenvalue weighted by Crippen LogP contribution is 2.41. The van der Waals surface area contributed by atoms with Crippen LogP contribution < -0.4 is 10.1 Å². The maximum Gasteiger partial charge on any atom is 0.319 e. The Morgan fingerprint density at radius 3 is 2.75 bits per heavy atom. The Bertz CT molecular complexity index is 2160. The first-order valence-corrected chi connectivity index (χ1v) is 17.7. The van der Waals surface area contributed by atoms with Gasteiger partial charge in [0.25, 0.3) is 0 Å². The van der Waals surface area contributed by atoms with Crippen LogP contribution in [-0.4, -0.2) is 91.2 Å². The normalized spacial score (nSPS) is 21.2. The fourth-order valence-electron chi connectivity index (χ4n) is 7.81. The van der Waals surface area contributed by atoms with Gasteiger partial charge in [0.05, 0.1) is 16.6 Å². The zero-order valence-corrected chi connectivity index (χ0v) is 28.9. The van der Waals surface area contributed by atoms with Crippen LogP contribution >= 0.6 is 11.6 Å². The average Bonchev–Trinajstić information content (AvgIpc) is 3.66. The second-order valence-corrected chi connectivity index (χ2v) is 14.1. The Hall–Kier alpha value is -4.81. The molecule has 3 fully saturated rings. The van der Waals surface area contributed by atoms with E-state index in [-0.39, 0.29) is 35.8 Å². The summed E-state index contributed by atoms with van der Waals surface area (Å²) in [5, 5.41) is 5.95. The summed E-state index contributed by atoms with van der Waals surface area (Å²) < 4.78 is 37.5. The monoisotopic (exact) mass is 710 g/mol. The van der Waals surface area contributed by atoms with Crippen LogP contribution in [0.3, 0.4) is 0 Å². The molecule has 0 saturated carbocycles. The highest BCUT2D eigenvalue weighted by Gasteiger charge is 2.49. The summed E-state index contributed by atoms with van der Waals surface area (Å²) >= 11 is 6.61. The third-order valence-corrected chi connectivity index (χ3v) is 10.7. The van der Waals surface area contributed by atoms with E-state index in [1.165, 1.54) is 6.08 Å². The van der Waals surface area contributed by atoms with E-state index in [0.717, 1.165) is 24.8 Å². The van der Waals surface area contributed by atoms with Gasteiger partial charge >= 0.3 is 6.01 Å². The van der Waals surface area contributed by atoms with Gasteiger partial charge in [0.2, 0.25) is 5.91 Å². The van der Waals surface area contributed by atoms with Gasteiger partial charge < -0.3 is 15.0 Å². The molecule has 0 unspecified atom stereocenters. The molecule has 51 heavy (non-hydrogen) atoms. The summed E-state index contributed by atoms with van der Waals surface area (Å²) in [5.74, 6) is 0.316. The maximum atomic E-state index is 16.7. The minimum atomic E-state index is -0.910. The number of fused-ring (bicyclic) bond motifs is 3. The number of anilines is 1. The summed E-state index contributed by atoms with van der Waals surface area (Å²) in [6.45, 7) is 4.28. The van der Waals surface area contributed by atoms with Crippen molar-refractivity contribution >= 4 is 51.1 Å². The number of pyridine rings is 1. The second kappa shape index (κ2) is 13.7. The lowest BCUT2D eigenvalue weighted by atomic mass is 9.95. The molecular weight excluding hydrogens is 674 g/mol. The molecule has 2 atom stereocenters. The SMILES string of the molecule is Cc1nccc(/C=C/C(=O)N2CCC(Nc3nc(OC[C@@]45CCCN4C[C@H](F)C5)nc4c(F)c(-c5cccc6cccc(Cl)c56)ncc34)CC2)n1. The van der Waals surface area contributed by atoms with Crippen molar-refractivity contribution in [3.63, 3.8) is 0 Å². The minimum Gasteiger partial charge on any atom is -0.461 e. The van der Waals surface area contributed by atoms with Crippen molar-refractivity contribution in [3.8, 4) is 17.3 Å². The molecule has 3 aromatic heterocycles. The topological polar surface area (TPSA) is 109 Å². The van der Waals surface area contributed by atoms with Crippen molar-refractivity contribution in [1.82, 2.24) is 34.7 Å². The average molecular weight is 711 g/mol. The summed E-state index contributed by atoms with van der Waals surface area (Å²) in [6.07, 6.45) is 9.03. The predicted molar refractivity (Wildman–Crippen MR) is 193 cm³/mol. The number of ether oxygens (including phenoxy) is 1. The van der Waals surface area contributed by atoms with Gasteiger partial charge in [-0.2, -0.15) is 9.97 Å². The fourth-order valence-corrected chi connectivity index (χ4v) is 8.09. The quantitative estimate of drug-likeness (QED) is 0.174. The van der Waals surface area contributed by atoms with E-state index in [1.807, 2.05) is 24.3 Å². The predicted octanol–water partition coefficient (Wildman–Crippen LogP) is 6.81. The number of carbonyl (C=O) groups excluding carboxylic acids is 1. The Morgan fingerprint density at radius 2 is 1.92 bits per heavy atom. The highest BCUT2D eigenvalue weighted by atomic mass is 35.5. The number of benzene rings is 2. The Balaban J connectivity index is 1.08. The zero-order valence-electron chi connectivity index (χ0n) is 28.2. The number of alkyl halides is 1. The molecule has 5 aromatic rings. The number of halogens is 3. The van der Waals surface area contributed by atoms with Crippen LogP contribution in [0.4, 0.5) is 14.6 Å². The number of carbonyl (C=O) groups is 1. The van der Waals surface area contributed by atoms with E-state index >= 15 is 4.39 Å². The summed E-state index contributed by atoms with van der Waals surface area (Å²) in [4.78, 5) is 39.2. The number of rotatable bonds is 8. The van der Waals surface area contributed by atoms with E-state index in [0.29, 0.717) is 77.6 Å². The largest absolute Gasteiger partial charge is 0.461 e.